The van der Waals surface area contributed by atoms with Gasteiger partial charge in [0, 0.05) is 20.3 Å². The largest absolute Gasteiger partial charge is 0.397 e. The molecule has 1 aromatic rings. The minimum absolute atomic E-state index is 0.902. The lowest BCUT2D eigenvalue weighted by molar-refractivity contribution is 0.277. The third-order valence-corrected chi connectivity index (χ3v) is 4.01. The van der Waals surface area contributed by atoms with Gasteiger partial charge in [-0.15, -0.1) is 0 Å². The standard InChI is InChI=1S/C11H13O2Si/c1-12-14(13-2)8-9-3-4-10-5-6-11(10)7-9/h3-7H,8H2,1-2H3. The first-order valence-electron chi connectivity index (χ1n) is 4.58. The fraction of sp³-hybridized carbons (Fsp3) is 0.273. The highest BCUT2D eigenvalue weighted by Gasteiger charge is 2.14. The van der Waals surface area contributed by atoms with Crippen molar-refractivity contribution in [3.63, 3.8) is 0 Å². The number of rotatable bonds is 4. The van der Waals surface area contributed by atoms with Gasteiger partial charge in [0.05, 0.1) is 0 Å². The molecule has 0 unspecified atom stereocenters. The molecule has 0 atom stereocenters. The summed E-state index contributed by atoms with van der Waals surface area (Å²) in [6.45, 7) is 0. The summed E-state index contributed by atoms with van der Waals surface area (Å²) in [7, 11) is 2.31. The van der Waals surface area contributed by atoms with Crippen molar-refractivity contribution in [2.45, 2.75) is 6.04 Å². The lowest BCUT2D eigenvalue weighted by Crippen LogP contribution is -2.22. The smallest absolute Gasteiger partial charge is 0.388 e. The molecule has 2 rings (SSSR count). The van der Waals surface area contributed by atoms with Gasteiger partial charge < -0.3 is 8.85 Å². The maximum absolute atomic E-state index is 5.25. The summed E-state index contributed by atoms with van der Waals surface area (Å²) in [6.07, 6.45) is 4.25. The van der Waals surface area contributed by atoms with Gasteiger partial charge >= 0.3 is 9.28 Å². The number of hydrogen-bond donors (Lipinski definition) is 0. The molecule has 0 amide bonds. The van der Waals surface area contributed by atoms with E-state index in [9.17, 15) is 0 Å². The SMILES string of the molecule is CO[Si](Cc1ccc2c(c1)C=C2)OC. The van der Waals surface area contributed by atoms with Gasteiger partial charge in [0.15, 0.2) is 0 Å². The van der Waals surface area contributed by atoms with E-state index in [0.717, 1.165) is 6.04 Å². The predicted octanol–water partition coefficient (Wildman–Crippen LogP) is 2.03. The third-order valence-electron chi connectivity index (χ3n) is 2.40. The van der Waals surface area contributed by atoms with Gasteiger partial charge in [0.2, 0.25) is 0 Å². The van der Waals surface area contributed by atoms with Crippen molar-refractivity contribution in [3.05, 3.63) is 34.9 Å². The fourth-order valence-electron chi connectivity index (χ4n) is 1.51. The molecule has 0 heterocycles. The minimum atomic E-state index is -1.10. The lowest BCUT2D eigenvalue weighted by atomic mass is 9.96. The van der Waals surface area contributed by atoms with Crippen LogP contribution in [-0.4, -0.2) is 23.5 Å². The summed E-state index contributed by atoms with van der Waals surface area (Å²) in [5.41, 5.74) is 3.96. The number of hydrogen-bond acceptors (Lipinski definition) is 2. The van der Waals surface area contributed by atoms with E-state index in [-0.39, 0.29) is 0 Å². The van der Waals surface area contributed by atoms with Gasteiger partial charge in [0.1, 0.15) is 0 Å². The summed E-state index contributed by atoms with van der Waals surface area (Å²) < 4.78 is 10.5. The summed E-state index contributed by atoms with van der Waals surface area (Å²) >= 11 is 0. The molecule has 0 spiro atoms. The third kappa shape index (κ3) is 1.80. The summed E-state index contributed by atoms with van der Waals surface area (Å²) in [5.74, 6) is 0. The van der Waals surface area contributed by atoms with Crippen LogP contribution in [0, 0.1) is 0 Å². The molecule has 0 saturated carbocycles. The van der Waals surface area contributed by atoms with E-state index >= 15 is 0 Å². The van der Waals surface area contributed by atoms with E-state index in [0.29, 0.717) is 0 Å². The van der Waals surface area contributed by atoms with Crippen molar-refractivity contribution < 1.29 is 8.85 Å². The fourth-order valence-corrected chi connectivity index (χ4v) is 2.52. The van der Waals surface area contributed by atoms with Crippen LogP contribution >= 0.6 is 0 Å². The van der Waals surface area contributed by atoms with Gasteiger partial charge in [-0.1, -0.05) is 30.4 Å². The second-order valence-electron chi connectivity index (χ2n) is 3.25. The second kappa shape index (κ2) is 4.08. The molecule has 0 bridgehead atoms. The zero-order valence-electron chi connectivity index (χ0n) is 8.41. The van der Waals surface area contributed by atoms with Crippen molar-refractivity contribution in [1.29, 1.82) is 0 Å². The van der Waals surface area contributed by atoms with Crippen molar-refractivity contribution in [2.24, 2.45) is 0 Å². The zero-order chi connectivity index (χ0) is 9.97. The van der Waals surface area contributed by atoms with Crippen LogP contribution in [0.5, 0.6) is 0 Å². The normalized spacial score (nSPS) is 12.8. The van der Waals surface area contributed by atoms with Gasteiger partial charge in [0.25, 0.3) is 0 Å². The molecule has 0 aromatic heterocycles. The van der Waals surface area contributed by atoms with Crippen LogP contribution in [0.3, 0.4) is 0 Å². The first-order chi connectivity index (χ1) is 6.83. The molecule has 1 aliphatic carbocycles. The average molecular weight is 205 g/mol. The number of fused-ring (bicyclic) bond motifs is 1. The maximum atomic E-state index is 5.25. The molecular weight excluding hydrogens is 192 g/mol. The highest BCUT2D eigenvalue weighted by molar-refractivity contribution is 6.43. The molecule has 0 N–H and O–H groups in total. The van der Waals surface area contributed by atoms with Crippen LogP contribution in [-0.2, 0) is 14.9 Å². The molecule has 0 saturated heterocycles. The predicted molar refractivity (Wildman–Crippen MR) is 58.8 cm³/mol. The van der Waals surface area contributed by atoms with Gasteiger partial charge in [-0.3, -0.25) is 0 Å². The summed E-state index contributed by atoms with van der Waals surface area (Å²) in [5, 5.41) is 0. The lowest BCUT2D eigenvalue weighted by Gasteiger charge is -2.13. The Kier molecular flexibility index (Phi) is 2.81. The van der Waals surface area contributed by atoms with Crippen molar-refractivity contribution in [2.75, 3.05) is 14.2 Å². The first-order valence-corrected chi connectivity index (χ1v) is 6.10. The Balaban J connectivity index is 2.07. The minimum Gasteiger partial charge on any atom is -0.397 e. The molecule has 73 valence electrons. The Bertz CT molecular complexity index is 356. The maximum Gasteiger partial charge on any atom is 0.388 e. The van der Waals surface area contributed by atoms with E-state index in [1.807, 2.05) is 0 Å². The highest BCUT2D eigenvalue weighted by atomic mass is 28.3. The Morgan fingerprint density at radius 1 is 1.07 bits per heavy atom. The summed E-state index contributed by atoms with van der Waals surface area (Å²) in [4.78, 5) is 0. The van der Waals surface area contributed by atoms with Crippen LogP contribution in [0.4, 0.5) is 0 Å². The quantitative estimate of drug-likeness (QED) is 0.711. The molecule has 3 heteroatoms. The Morgan fingerprint density at radius 2 is 1.79 bits per heavy atom. The van der Waals surface area contributed by atoms with Crippen LogP contribution in [0.1, 0.15) is 16.7 Å². The molecular formula is C11H13O2Si. The van der Waals surface area contributed by atoms with E-state index in [4.69, 9.17) is 8.85 Å². The van der Waals surface area contributed by atoms with E-state index in [1.54, 1.807) is 14.2 Å². The molecule has 14 heavy (non-hydrogen) atoms. The Morgan fingerprint density at radius 3 is 2.29 bits per heavy atom. The zero-order valence-corrected chi connectivity index (χ0v) is 9.41. The average Bonchev–Trinajstić information content (AvgIpc) is 2.18. The van der Waals surface area contributed by atoms with E-state index in [1.165, 1.54) is 16.7 Å². The van der Waals surface area contributed by atoms with Crippen LogP contribution < -0.4 is 0 Å². The van der Waals surface area contributed by atoms with Crippen LogP contribution in [0.15, 0.2) is 18.2 Å². The molecule has 1 aromatic carbocycles. The van der Waals surface area contributed by atoms with E-state index in [2.05, 4.69) is 30.4 Å². The topological polar surface area (TPSA) is 18.5 Å². The molecule has 1 aliphatic rings. The first kappa shape index (κ1) is 9.64. The van der Waals surface area contributed by atoms with Crippen molar-refractivity contribution in [3.8, 4) is 0 Å². The molecule has 1 radical (unpaired) electrons. The Labute approximate surface area is 86.0 Å². The highest BCUT2D eigenvalue weighted by Crippen LogP contribution is 2.24. The monoisotopic (exact) mass is 205 g/mol. The molecule has 0 aliphatic heterocycles. The van der Waals surface area contributed by atoms with Gasteiger partial charge in [-0.05, 0) is 16.7 Å². The Hall–Kier alpha value is -0.903. The van der Waals surface area contributed by atoms with Gasteiger partial charge in [-0.25, -0.2) is 0 Å². The van der Waals surface area contributed by atoms with Crippen molar-refractivity contribution >= 4 is 21.4 Å². The van der Waals surface area contributed by atoms with Crippen molar-refractivity contribution in [1.82, 2.24) is 0 Å². The van der Waals surface area contributed by atoms with E-state index < -0.39 is 9.28 Å². The summed E-state index contributed by atoms with van der Waals surface area (Å²) in [6, 6.07) is 7.40. The number of benzene rings is 1. The molecule has 0 fully saturated rings. The second-order valence-corrected chi connectivity index (χ2v) is 5.17. The van der Waals surface area contributed by atoms with Gasteiger partial charge in [-0.2, -0.15) is 0 Å². The van der Waals surface area contributed by atoms with Crippen LogP contribution in [0.2, 0.25) is 0 Å². The van der Waals surface area contributed by atoms with Crippen LogP contribution in [0.25, 0.3) is 12.2 Å². The molecule has 2 nitrogen and oxygen atoms in total.